The largest absolute Gasteiger partial charge is 0.508 e. The number of phenols is 5. The summed E-state index contributed by atoms with van der Waals surface area (Å²) in [7, 11) is 0. The highest BCUT2D eigenvalue weighted by Gasteiger charge is 2.48. The van der Waals surface area contributed by atoms with Crippen LogP contribution in [-0.2, 0) is 30.4 Å². The molecule has 5 aliphatic rings. The summed E-state index contributed by atoms with van der Waals surface area (Å²) >= 11 is 6.04. The van der Waals surface area contributed by atoms with Crippen LogP contribution in [0.1, 0.15) is 38.7 Å². The molecule has 5 saturated heterocycles. The van der Waals surface area contributed by atoms with E-state index in [0.29, 0.717) is 111 Å². The molecule has 5 fully saturated rings. The van der Waals surface area contributed by atoms with E-state index in [1.165, 1.54) is 36.4 Å². The van der Waals surface area contributed by atoms with Crippen molar-refractivity contribution in [3.8, 4) is 113 Å². The zero-order valence-electron chi connectivity index (χ0n) is 76.1. The number of rotatable bonds is 24. The van der Waals surface area contributed by atoms with E-state index in [1.54, 1.807) is 155 Å². The Hall–Kier alpha value is -16.3. The summed E-state index contributed by atoms with van der Waals surface area (Å²) in [6.07, 6.45) is 33.8. The lowest BCUT2D eigenvalue weighted by molar-refractivity contribution is -0.156. The van der Waals surface area contributed by atoms with Gasteiger partial charge in [-0.3, -0.25) is 24.0 Å². The van der Waals surface area contributed by atoms with E-state index in [4.69, 9.17) is 35.3 Å². The number of aryl methyl sites for hydroxylation is 1. The third kappa shape index (κ3) is 22.1. The Morgan fingerprint density at radius 2 is 0.777 bits per heavy atom. The Morgan fingerprint density at radius 1 is 0.424 bits per heavy atom. The number of nitrogens with zero attached hydrogens (tertiary/aromatic N) is 15. The Kier molecular flexibility index (Phi) is 29.2. The minimum absolute atomic E-state index is 0.00366. The Bertz CT molecular complexity index is 7090. The van der Waals surface area contributed by atoms with E-state index in [2.05, 4.69) is 57.8 Å². The van der Waals surface area contributed by atoms with Crippen molar-refractivity contribution in [1.29, 1.82) is 0 Å². The first kappa shape index (κ1) is 95.8. The molecule has 0 aliphatic carbocycles. The minimum Gasteiger partial charge on any atom is -0.508 e. The predicted octanol–water partition coefficient (Wildman–Crippen LogP) is 16.7. The predicted molar refractivity (Wildman–Crippen MR) is 519 cm³/mol. The number of aromatic nitrogens is 10. The number of pyridine rings is 5. The van der Waals surface area contributed by atoms with Gasteiger partial charge in [0.1, 0.15) is 85.4 Å². The van der Waals surface area contributed by atoms with Gasteiger partial charge in [0.2, 0.25) is 29.5 Å². The number of halogens is 4. The lowest BCUT2D eigenvalue weighted by atomic mass is 9.98. The molecule has 0 spiro atoms. The van der Waals surface area contributed by atoms with E-state index in [-0.39, 0.29) is 89.2 Å². The molecule has 5 aromatic carbocycles. The van der Waals surface area contributed by atoms with Gasteiger partial charge in [-0.15, -0.1) is 0 Å². The molecule has 10 aromatic heterocycles. The number of fused-ring (bicyclic) bond motifs is 5. The van der Waals surface area contributed by atoms with Gasteiger partial charge in [-0.25, -0.2) is 38.1 Å². The van der Waals surface area contributed by atoms with Crippen molar-refractivity contribution in [3.05, 3.63) is 307 Å². The number of imidazole rings is 5. The highest BCUT2D eigenvalue weighted by Crippen LogP contribution is 2.41. The van der Waals surface area contributed by atoms with E-state index < -0.39 is 30.3 Å². The van der Waals surface area contributed by atoms with Crippen LogP contribution in [0.4, 0.5) is 13.2 Å². The maximum atomic E-state index is 14.7. The van der Waals surface area contributed by atoms with Gasteiger partial charge in [0.05, 0.1) is 94.0 Å². The molecule has 30 nitrogen and oxygen atoms in total. The molecule has 139 heavy (non-hydrogen) atoms. The highest BCUT2D eigenvalue weighted by atomic mass is 35.5. The molecule has 5 aliphatic heterocycles. The third-order valence-corrected chi connectivity index (χ3v) is 25.1. The molecule has 0 saturated carbocycles. The molecule has 15 heterocycles. The summed E-state index contributed by atoms with van der Waals surface area (Å²) in [4.78, 5) is 87.3. The Balaban J connectivity index is 0.000000126. The second-order valence-corrected chi connectivity index (χ2v) is 34.8. The van der Waals surface area contributed by atoms with Crippen LogP contribution >= 0.6 is 11.6 Å². The van der Waals surface area contributed by atoms with Gasteiger partial charge in [-0.05, 0) is 168 Å². The van der Waals surface area contributed by atoms with E-state index in [1.807, 2.05) is 116 Å². The molecule has 0 radical (unpaired) electrons. The van der Waals surface area contributed by atoms with Crippen molar-refractivity contribution in [1.82, 2.24) is 71.4 Å². The maximum absolute atomic E-state index is 14.7. The molecule has 5 amide bonds. The number of hydrogen-bond acceptors (Lipinski definition) is 20. The van der Waals surface area contributed by atoms with Gasteiger partial charge < -0.3 is 95.7 Å². The Labute approximate surface area is 802 Å². The molecule has 5 N–H and O–H groups in total. The van der Waals surface area contributed by atoms with Crippen LogP contribution in [0.15, 0.2) is 290 Å². The summed E-state index contributed by atoms with van der Waals surface area (Å²) in [6.45, 7) is 27.1. The summed E-state index contributed by atoms with van der Waals surface area (Å²) in [5.41, 5.74) is 13.6. The first-order chi connectivity index (χ1) is 67.1. The average molecular weight is 1910 g/mol. The molecule has 3 atom stereocenters. The van der Waals surface area contributed by atoms with E-state index >= 15 is 0 Å². The normalized spacial score (nSPS) is 16.2. The van der Waals surface area contributed by atoms with Crippen molar-refractivity contribution < 1.29 is 86.4 Å². The smallest absolute Gasteiger partial charge is 0.301 e. The molecule has 34 heteroatoms. The quantitative estimate of drug-likeness (QED) is 0.0351. The lowest BCUT2D eigenvalue weighted by Gasteiger charge is -2.38. The number of alkyl halides is 2. The zero-order valence-corrected chi connectivity index (χ0v) is 76.9. The fraction of sp³-hybridized carbons (Fsp3) is 0.238. The fourth-order valence-electron chi connectivity index (χ4n) is 17.1. The second-order valence-electron chi connectivity index (χ2n) is 34.4. The van der Waals surface area contributed by atoms with Crippen molar-refractivity contribution in [2.45, 2.75) is 63.7 Å². The average Bonchev–Trinajstić information content (AvgIpc) is 1.78. The monoisotopic (exact) mass is 1900 g/mol. The SMILES string of the molecule is C=CC(=O)N1CC(COc2cc(-c3cc(F)c(O)cc3CC)cn3cncc23)C1.C=CC(=O)N1CC(COc2cc(-c3ccc(O)c(Cl)c3)cn3cncc23)C1.C=CC(=O)N1CC(COc2cc(-c3ccc(O)cc3)cn3cncc23)C1.C=CC(=O)N1CCC(Oc2cc(-c3ccc(O)cc3)cn3cncc23)C(F)(F)C1.C=CC(=O)N1CC[C@@H](Oc2cc(-c3ccc(O)cc3)cn3cncc23)C[C@H]1C. The first-order valence-corrected chi connectivity index (χ1v) is 45.3. The number of hydrogen-bond donors (Lipinski definition) is 5. The summed E-state index contributed by atoms with van der Waals surface area (Å²) in [5.74, 6) is -0.246. The number of ether oxygens (including phenoxy) is 5. The number of piperidine rings is 2. The molecule has 15 aromatic rings. The topological polar surface area (TPSA) is 335 Å². The van der Waals surface area contributed by atoms with Crippen LogP contribution < -0.4 is 23.7 Å². The third-order valence-electron chi connectivity index (χ3n) is 24.8. The van der Waals surface area contributed by atoms with Gasteiger partial charge in [0, 0.05) is 154 Å². The molecular formula is C105H101ClF3N15O15. The van der Waals surface area contributed by atoms with Crippen LogP contribution in [-0.4, -0.2) is 229 Å². The molecule has 714 valence electrons. The van der Waals surface area contributed by atoms with Gasteiger partial charge in [-0.1, -0.05) is 93.9 Å². The van der Waals surface area contributed by atoms with Crippen LogP contribution in [0.3, 0.4) is 0 Å². The van der Waals surface area contributed by atoms with Crippen LogP contribution in [0.5, 0.6) is 57.5 Å². The van der Waals surface area contributed by atoms with E-state index in [9.17, 15) is 62.7 Å². The van der Waals surface area contributed by atoms with Crippen molar-refractivity contribution in [3.63, 3.8) is 0 Å². The number of likely N-dealkylation sites (tertiary alicyclic amines) is 5. The highest BCUT2D eigenvalue weighted by molar-refractivity contribution is 6.32. The number of amides is 5. The summed E-state index contributed by atoms with van der Waals surface area (Å²) < 4.78 is 83.0. The molecule has 0 bridgehead atoms. The molecular weight excluding hydrogens is 1800 g/mol. The van der Waals surface area contributed by atoms with Crippen molar-refractivity contribution >= 4 is 68.7 Å². The molecule has 1 unspecified atom stereocenters. The van der Waals surface area contributed by atoms with Gasteiger partial charge >= 0.3 is 5.92 Å². The number of benzene rings is 5. The summed E-state index contributed by atoms with van der Waals surface area (Å²) in [5, 5.41) is 48.1. The first-order valence-electron chi connectivity index (χ1n) is 45.0. The van der Waals surface area contributed by atoms with Crippen molar-refractivity contribution in [2.24, 2.45) is 17.8 Å². The number of aromatic hydroxyl groups is 5. The van der Waals surface area contributed by atoms with Gasteiger partial charge in [0.15, 0.2) is 17.7 Å². The minimum atomic E-state index is -3.21. The van der Waals surface area contributed by atoms with Gasteiger partial charge in [-0.2, -0.15) is 0 Å². The van der Waals surface area contributed by atoms with Crippen LogP contribution in [0.25, 0.3) is 83.2 Å². The van der Waals surface area contributed by atoms with Gasteiger partial charge in [0.25, 0.3) is 0 Å². The van der Waals surface area contributed by atoms with Crippen LogP contribution in [0.2, 0.25) is 5.02 Å². The maximum Gasteiger partial charge on any atom is 0.301 e. The van der Waals surface area contributed by atoms with Crippen LogP contribution in [0, 0.1) is 23.6 Å². The Morgan fingerprint density at radius 3 is 1.15 bits per heavy atom. The number of carbonyl (C=O) groups is 5. The van der Waals surface area contributed by atoms with E-state index in [0.717, 1.165) is 113 Å². The second kappa shape index (κ2) is 42.3. The summed E-state index contributed by atoms with van der Waals surface area (Å²) in [6, 6.07) is 38.1. The number of carbonyl (C=O) groups excluding carboxylic acids is 5. The zero-order chi connectivity index (χ0) is 97.9. The lowest BCUT2D eigenvalue weighted by Crippen LogP contribution is -2.55. The number of phenolic OH excluding ortho intramolecular Hbond substituents is 5. The molecule has 20 rings (SSSR count). The fourth-order valence-corrected chi connectivity index (χ4v) is 17.3. The van der Waals surface area contributed by atoms with Crippen molar-refractivity contribution in [2.75, 3.05) is 78.7 Å². The standard InChI is InChI=1S/C22H22FN3O3.C22H23N3O3.C21H19F2N3O3.C20H18ClN3O3.C20H19N3O3/c1-3-15-5-20(27)18(23)7-17(15)16-6-21(19-8-24-13-26(19)11-16)29-12-14-9-25(10-14)22(28)4-2;1-3-22(27)25-9-8-19(10-15(25)2)28-21-11-17(13-24-14-23-12-20(21)24)16-4-6-18(26)7-5-16;1-2-20(28)25-8-7-19(21(22,23)12-25)29-18-9-15(11-26-13-24-10-17(18)26)14-3-5-16(27)6-4-14;1-2-20(26)23-8-13(9-23)11-27-19-6-15(10-24-12-22-7-17(19)24)14-3-4-18(25)16(21)5-14;1-2-20(25)22-9-14(10-22)12-26-19-7-16(11-23-13-21-8-18(19)23)15-3-5-17(24)6-4-15/h4-8,11,13-14,27H,2-3,9-10,12H2,1H3;3-7,11-15,19,26H,1,8-10H2,2H3;2-6,9-11,13,19,27H,1,7-8,12H2;2-7,10,12-13,25H,1,8-9,11H2;2-8,11,13-14,24H,1,9-10,12H2/t;15-,19-;;;/m.1.../s1.